The Hall–Kier alpha value is -7.51. The summed E-state index contributed by atoms with van der Waals surface area (Å²) in [6.45, 7) is 15.6. The molecular formula is C69H82N2O15. The van der Waals surface area contributed by atoms with Crippen LogP contribution in [0.1, 0.15) is 120 Å². The average Bonchev–Trinajstić information content (AvgIpc) is 0.674. The van der Waals surface area contributed by atoms with Gasteiger partial charge in [0.05, 0.1) is 35.6 Å². The number of nitrogens with zero attached hydrogens (tertiary/aromatic N) is 1. The van der Waals surface area contributed by atoms with E-state index in [1.165, 1.54) is 53.8 Å². The molecule has 1 amide bonds. The highest BCUT2D eigenvalue weighted by Crippen LogP contribution is 2.64. The van der Waals surface area contributed by atoms with Gasteiger partial charge in [-0.1, -0.05) is 142 Å². The molecule has 5 aromatic carbocycles. The van der Waals surface area contributed by atoms with E-state index in [2.05, 4.69) is 116 Å². The lowest BCUT2D eigenvalue weighted by Crippen LogP contribution is -2.81. The summed E-state index contributed by atoms with van der Waals surface area (Å²) in [7, 11) is 4.11. The van der Waals surface area contributed by atoms with Crippen molar-refractivity contribution < 1.29 is 72.8 Å². The van der Waals surface area contributed by atoms with Gasteiger partial charge in [-0.15, -0.1) is 0 Å². The molecule has 17 heteroatoms. The van der Waals surface area contributed by atoms with Crippen LogP contribution in [0.3, 0.4) is 0 Å². The van der Waals surface area contributed by atoms with Crippen molar-refractivity contribution in [3.8, 4) is 5.75 Å². The van der Waals surface area contributed by atoms with Crippen molar-refractivity contribution >= 4 is 40.9 Å². The number of esters is 3. The van der Waals surface area contributed by atoms with Gasteiger partial charge < -0.3 is 59.1 Å². The van der Waals surface area contributed by atoms with Crippen molar-refractivity contribution in [2.75, 3.05) is 33.9 Å². The largest absolute Gasteiger partial charge is 0.492 e. The summed E-state index contributed by atoms with van der Waals surface area (Å²) in [6, 6.07) is 44.4. The number of rotatable bonds is 16. The minimum Gasteiger partial charge on any atom is -0.492 e. The molecule has 3 aliphatic carbocycles. The Kier molecular flexibility index (Phi) is 19.7. The number of hydrogen-bond donors (Lipinski definition) is 5. The smallest absolute Gasteiger partial charge is 0.408 e. The van der Waals surface area contributed by atoms with Gasteiger partial charge in [-0.25, -0.2) is 14.4 Å². The quantitative estimate of drug-likeness (QED) is 0.0268. The minimum atomic E-state index is -2.35. The number of allylic oxidation sites excluding steroid dienone is 1. The van der Waals surface area contributed by atoms with Crippen LogP contribution >= 0.6 is 0 Å². The minimum absolute atomic E-state index is 0.0637. The van der Waals surface area contributed by atoms with Gasteiger partial charge in [0.2, 0.25) is 0 Å². The first-order valence-electron chi connectivity index (χ1n) is 29.2. The predicted octanol–water partition coefficient (Wildman–Crippen LogP) is 9.26. The molecule has 2 saturated carbocycles. The van der Waals surface area contributed by atoms with Gasteiger partial charge in [0, 0.05) is 31.7 Å². The van der Waals surface area contributed by atoms with Crippen LogP contribution in [0.5, 0.6) is 5.75 Å². The SMILES string of the molecule is CC(=O)O[C@@]12CO[C@@H]1C[C@H](O)[C@@]1(C)C(=O)[C@H](O)C3=C(C)[C@@H](OC(=O)C(O)[C@@H](NC(=O)OC(C)(C)C)c4ccccc4)C[C@@](O)([C@@H](OC(=O)c4ccccc4)[C@H]21)C3(C)C.CC/C(=C(\c1ccccc1)c1ccc(OCCN(C)C)cc1)c1ccccc1. The second kappa shape index (κ2) is 26.2. The number of benzene rings is 5. The van der Waals surface area contributed by atoms with Gasteiger partial charge in [0.15, 0.2) is 17.5 Å². The monoisotopic (exact) mass is 1180 g/mol. The number of likely N-dealkylation sites (N-methyl/N-ethyl adjacent to an activating group) is 1. The number of amides is 1. The molecule has 3 fully saturated rings. The number of aliphatic hydroxyl groups is 4. The van der Waals surface area contributed by atoms with Crippen LogP contribution in [0.25, 0.3) is 11.1 Å². The lowest BCUT2D eigenvalue weighted by atomic mass is 9.44. The molecule has 1 unspecified atom stereocenters. The molecule has 1 aliphatic heterocycles. The molecule has 9 rings (SSSR count). The fraction of sp³-hybridized carbons (Fsp3) is 0.435. The molecule has 86 heavy (non-hydrogen) atoms. The van der Waals surface area contributed by atoms with Crippen LogP contribution in [0.2, 0.25) is 0 Å². The van der Waals surface area contributed by atoms with E-state index in [4.69, 9.17) is 28.4 Å². The van der Waals surface area contributed by atoms with E-state index in [9.17, 15) is 44.4 Å². The number of carbonyl (C=O) groups is 5. The Morgan fingerprint density at radius 3 is 1.85 bits per heavy atom. The number of aliphatic hydroxyl groups excluding tert-OH is 3. The van der Waals surface area contributed by atoms with Crippen LogP contribution in [-0.4, -0.2) is 142 Å². The van der Waals surface area contributed by atoms with Gasteiger partial charge in [-0.3, -0.25) is 9.59 Å². The fourth-order valence-corrected chi connectivity index (χ4v) is 12.9. The standard InChI is InChI=1S/C43H53NO14.C26H29NO/c1-22-26(55-37(51)32(48)30(24-15-11-9-12-16-24)44-38(52)58-39(3,4)5)20-43(53)35(56-36(50)25-17-13-10-14-18-25)33-41(8,34(49)31(47)29(22)40(43,6)7)27(46)19-28-42(33,21-54-28)57-23(2)45;1-4-25(21-11-7-5-8-12-21)26(22-13-9-6-10-14-22)23-15-17-24(18-16-23)28-20-19-27(2)3/h9-18,26-28,30-33,35,46-48,53H,19-21H2,1-8H3,(H,44,52);5-18H,4,19-20H2,1-3H3/b;26-25-/t26-,27-,28+,30-,31+,32?,33-,35-,41+,42-,43+;/m0./s1. The maximum absolute atomic E-state index is 14.9. The van der Waals surface area contributed by atoms with Gasteiger partial charge in [-0.2, -0.15) is 0 Å². The summed E-state index contributed by atoms with van der Waals surface area (Å²) < 4.78 is 35.4. The number of carbonyl (C=O) groups excluding carboxylic acids is 5. The highest BCUT2D eigenvalue weighted by atomic mass is 16.6. The van der Waals surface area contributed by atoms with Crippen LogP contribution in [0.4, 0.5) is 4.79 Å². The molecule has 5 aromatic rings. The van der Waals surface area contributed by atoms with E-state index in [0.717, 1.165) is 25.6 Å². The zero-order chi connectivity index (χ0) is 62.5. The van der Waals surface area contributed by atoms with Crippen LogP contribution < -0.4 is 10.1 Å². The molecule has 0 spiro atoms. The van der Waals surface area contributed by atoms with E-state index in [1.807, 2.05) is 0 Å². The van der Waals surface area contributed by atoms with Crippen molar-refractivity contribution in [1.82, 2.24) is 10.2 Å². The lowest BCUT2D eigenvalue weighted by molar-refractivity contribution is -0.346. The third-order valence-electron chi connectivity index (χ3n) is 17.4. The number of ketones is 1. The number of ether oxygens (including phenoxy) is 6. The Labute approximate surface area is 503 Å². The van der Waals surface area contributed by atoms with Crippen LogP contribution in [0, 0.1) is 16.7 Å². The maximum Gasteiger partial charge on any atom is 0.408 e. The van der Waals surface area contributed by atoms with E-state index < -0.39 is 112 Å². The molecule has 4 aliphatic rings. The topological polar surface area (TPSA) is 237 Å². The van der Waals surface area contributed by atoms with Gasteiger partial charge in [0.25, 0.3) is 0 Å². The summed E-state index contributed by atoms with van der Waals surface area (Å²) in [5.74, 6) is -4.45. The molecule has 5 N–H and O–H groups in total. The molecule has 11 atom stereocenters. The van der Waals surface area contributed by atoms with Crippen molar-refractivity contribution in [3.05, 3.63) is 185 Å². The summed E-state index contributed by atoms with van der Waals surface area (Å²) in [4.78, 5) is 71.0. The second-order valence-electron chi connectivity index (χ2n) is 24.7. The van der Waals surface area contributed by atoms with Crippen LogP contribution in [0.15, 0.2) is 157 Å². The predicted molar refractivity (Wildman–Crippen MR) is 323 cm³/mol. The second-order valence-corrected chi connectivity index (χ2v) is 24.7. The van der Waals surface area contributed by atoms with Crippen molar-refractivity contribution in [2.45, 2.75) is 141 Å². The molecule has 1 saturated heterocycles. The Morgan fingerprint density at radius 2 is 1.33 bits per heavy atom. The van der Waals surface area contributed by atoms with Gasteiger partial charge in [-0.05, 0) is 124 Å². The first-order valence-corrected chi connectivity index (χ1v) is 29.2. The Morgan fingerprint density at radius 1 is 0.779 bits per heavy atom. The fourth-order valence-electron chi connectivity index (χ4n) is 12.9. The third-order valence-corrected chi connectivity index (χ3v) is 17.4. The van der Waals surface area contributed by atoms with E-state index >= 15 is 0 Å². The van der Waals surface area contributed by atoms with Gasteiger partial charge in [0.1, 0.15) is 48.0 Å². The number of hydrogen-bond acceptors (Lipinski definition) is 16. The number of fused-ring (bicyclic) bond motifs is 5. The molecule has 17 nitrogen and oxygen atoms in total. The average molecular weight is 1180 g/mol. The first kappa shape index (κ1) is 64.5. The van der Waals surface area contributed by atoms with Crippen molar-refractivity contribution in [2.24, 2.45) is 16.7 Å². The molecular weight excluding hydrogens is 1100 g/mol. The number of nitrogens with one attached hydrogen (secondary N) is 1. The highest BCUT2D eigenvalue weighted by Gasteiger charge is 2.78. The van der Waals surface area contributed by atoms with Crippen molar-refractivity contribution in [3.63, 3.8) is 0 Å². The van der Waals surface area contributed by atoms with Gasteiger partial charge >= 0.3 is 24.0 Å². The molecule has 0 radical (unpaired) electrons. The maximum atomic E-state index is 14.9. The Bertz CT molecular complexity index is 3270. The molecule has 1 heterocycles. The normalized spacial score (nSPS) is 26.6. The van der Waals surface area contributed by atoms with E-state index in [1.54, 1.807) is 83.1 Å². The van der Waals surface area contributed by atoms with E-state index in [-0.39, 0.29) is 29.7 Å². The highest BCUT2D eigenvalue weighted by molar-refractivity contribution is 5.99. The third kappa shape index (κ3) is 13.1. The number of alkyl carbamates (subject to hydrolysis) is 1. The number of Topliss-reactive ketones (excluding diaryl/α,β-unsaturated/α-hetero) is 1. The summed E-state index contributed by atoms with van der Waals surface area (Å²) in [6.07, 6.45) is -10.5. The summed E-state index contributed by atoms with van der Waals surface area (Å²) in [5.41, 5.74) is -1.77. The molecule has 2 bridgehead atoms. The van der Waals surface area contributed by atoms with Crippen molar-refractivity contribution in [1.29, 1.82) is 0 Å². The zero-order valence-corrected chi connectivity index (χ0v) is 50.9. The molecule has 0 aromatic heterocycles. The van der Waals surface area contributed by atoms with Crippen LogP contribution in [-0.2, 0) is 38.1 Å². The lowest BCUT2D eigenvalue weighted by Gasteiger charge is -2.67. The summed E-state index contributed by atoms with van der Waals surface area (Å²) in [5, 5.41) is 51.6. The van der Waals surface area contributed by atoms with E-state index in [0.29, 0.717) is 12.2 Å². The first-order chi connectivity index (χ1) is 40.7. The Balaban J connectivity index is 0.000000286. The summed E-state index contributed by atoms with van der Waals surface area (Å²) >= 11 is 0. The molecule has 458 valence electrons. The zero-order valence-electron chi connectivity index (χ0n) is 50.9.